The molecule has 0 aliphatic rings. The molecule has 0 aliphatic heterocycles. The van der Waals surface area contributed by atoms with Crippen molar-refractivity contribution in [2.45, 2.75) is 20.0 Å². The zero-order valence-corrected chi connectivity index (χ0v) is 12.9. The smallest absolute Gasteiger partial charge is 0.203 e. The molecule has 5 heteroatoms. The van der Waals surface area contributed by atoms with Gasteiger partial charge < -0.3 is 24.6 Å². The Labute approximate surface area is 120 Å². The summed E-state index contributed by atoms with van der Waals surface area (Å²) in [5.74, 6) is 2.16. The van der Waals surface area contributed by atoms with Crippen molar-refractivity contribution in [1.82, 2.24) is 5.32 Å². The molecule has 0 fully saturated rings. The second-order valence-corrected chi connectivity index (χ2v) is 5.03. The molecule has 0 saturated heterocycles. The maximum Gasteiger partial charge on any atom is 0.203 e. The standard InChI is InChI=1S/C15H25NO4/c1-10(2)8-16-9-12(17)11-6-13(18-3)15(20-5)14(7-11)19-4/h6-7,10,12,16-17H,8-9H2,1-5H3. The molecule has 0 saturated carbocycles. The maximum atomic E-state index is 10.2. The van der Waals surface area contributed by atoms with E-state index in [1.54, 1.807) is 33.5 Å². The maximum absolute atomic E-state index is 10.2. The van der Waals surface area contributed by atoms with Crippen molar-refractivity contribution in [2.75, 3.05) is 34.4 Å². The van der Waals surface area contributed by atoms with Gasteiger partial charge in [0.05, 0.1) is 27.4 Å². The fraction of sp³-hybridized carbons (Fsp3) is 0.600. The molecule has 0 aliphatic carbocycles. The molecule has 0 heterocycles. The molecule has 1 aromatic carbocycles. The normalized spacial score (nSPS) is 12.3. The van der Waals surface area contributed by atoms with Crippen LogP contribution in [0.1, 0.15) is 25.5 Å². The van der Waals surface area contributed by atoms with Gasteiger partial charge in [0, 0.05) is 6.54 Å². The molecule has 1 unspecified atom stereocenters. The van der Waals surface area contributed by atoms with Crippen LogP contribution in [0.4, 0.5) is 0 Å². The fourth-order valence-corrected chi connectivity index (χ4v) is 1.92. The molecule has 1 rings (SSSR count). The van der Waals surface area contributed by atoms with Crippen LogP contribution in [0, 0.1) is 5.92 Å². The first-order valence-corrected chi connectivity index (χ1v) is 6.72. The number of hydrogen-bond donors (Lipinski definition) is 2. The molecule has 5 nitrogen and oxygen atoms in total. The van der Waals surface area contributed by atoms with Crippen molar-refractivity contribution >= 4 is 0 Å². The topological polar surface area (TPSA) is 60.0 Å². The molecule has 1 aromatic rings. The van der Waals surface area contributed by atoms with Gasteiger partial charge in [-0.2, -0.15) is 0 Å². The third kappa shape index (κ3) is 4.28. The van der Waals surface area contributed by atoms with Gasteiger partial charge in [-0.05, 0) is 30.2 Å². The number of benzene rings is 1. The Morgan fingerprint density at radius 2 is 1.55 bits per heavy atom. The monoisotopic (exact) mass is 283 g/mol. The van der Waals surface area contributed by atoms with Gasteiger partial charge in [0.1, 0.15) is 0 Å². The van der Waals surface area contributed by atoms with E-state index >= 15 is 0 Å². The van der Waals surface area contributed by atoms with E-state index in [0.717, 1.165) is 12.1 Å². The molecule has 0 amide bonds. The van der Waals surface area contributed by atoms with Gasteiger partial charge in [0.15, 0.2) is 11.5 Å². The van der Waals surface area contributed by atoms with Gasteiger partial charge in [-0.1, -0.05) is 13.8 Å². The highest BCUT2D eigenvalue weighted by molar-refractivity contribution is 5.54. The largest absolute Gasteiger partial charge is 0.493 e. The van der Waals surface area contributed by atoms with Gasteiger partial charge in [0.25, 0.3) is 0 Å². The van der Waals surface area contributed by atoms with E-state index in [4.69, 9.17) is 14.2 Å². The van der Waals surface area contributed by atoms with Crippen molar-refractivity contribution < 1.29 is 19.3 Å². The first-order chi connectivity index (χ1) is 9.53. The third-order valence-corrected chi connectivity index (χ3v) is 2.96. The summed E-state index contributed by atoms with van der Waals surface area (Å²) in [5, 5.41) is 13.4. The Bertz CT molecular complexity index is 395. The summed E-state index contributed by atoms with van der Waals surface area (Å²) in [6, 6.07) is 3.53. The second kappa shape index (κ2) is 7.97. The minimum Gasteiger partial charge on any atom is -0.493 e. The van der Waals surface area contributed by atoms with Crippen molar-refractivity contribution in [3.05, 3.63) is 17.7 Å². The third-order valence-electron chi connectivity index (χ3n) is 2.96. The minimum atomic E-state index is -0.623. The number of rotatable bonds is 8. The number of ether oxygens (including phenoxy) is 3. The lowest BCUT2D eigenvalue weighted by molar-refractivity contribution is 0.172. The van der Waals surface area contributed by atoms with Crippen LogP contribution in [-0.2, 0) is 0 Å². The summed E-state index contributed by atoms with van der Waals surface area (Å²) in [5.41, 5.74) is 0.732. The van der Waals surface area contributed by atoms with Gasteiger partial charge >= 0.3 is 0 Å². The Hall–Kier alpha value is -1.46. The van der Waals surface area contributed by atoms with E-state index in [2.05, 4.69) is 19.2 Å². The summed E-state index contributed by atoms with van der Waals surface area (Å²) < 4.78 is 15.8. The van der Waals surface area contributed by atoms with Crippen LogP contribution < -0.4 is 19.5 Å². The Morgan fingerprint density at radius 3 is 1.95 bits per heavy atom. The lowest BCUT2D eigenvalue weighted by Gasteiger charge is -2.18. The van der Waals surface area contributed by atoms with Crippen molar-refractivity contribution in [3.63, 3.8) is 0 Å². The van der Waals surface area contributed by atoms with Crippen LogP contribution >= 0.6 is 0 Å². The fourth-order valence-electron chi connectivity index (χ4n) is 1.92. The summed E-state index contributed by atoms with van der Waals surface area (Å²) >= 11 is 0. The van der Waals surface area contributed by atoms with Crippen LogP contribution in [0.2, 0.25) is 0 Å². The predicted molar refractivity (Wildman–Crippen MR) is 78.8 cm³/mol. The Morgan fingerprint density at radius 1 is 1.00 bits per heavy atom. The summed E-state index contributed by atoms with van der Waals surface area (Å²) in [7, 11) is 4.68. The molecule has 20 heavy (non-hydrogen) atoms. The predicted octanol–water partition coefficient (Wildman–Crippen LogP) is 1.99. The van der Waals surface area contributed by atoms with Gasteiger partial charge in [-0.25, -0.2) is 0 Å². The number of hydrogen-bond acceptors (Lipinski definition) is 5. The van der Waals surface area contributed by atoms with Gasteiger partial charge in [-0.15, -0.1) is 0 Å². The van der Waals surface area contributed by atoms with Crippen molar-refractivity contribution in [1.29, 1.82) is 0 Å². The molecule has 0 aromatic heterocycles. The number of nitrogens with one attached hydrogen (secondary N) is 1. The van der Waals surface area contributed by atoms with E-state index in [0.29, 0.717) is 29.7 Å². The highest BCUT2D eigenvalue weighted by atomic mass is 16.5. The zero-order chi connectivity index (χ0) is 15.1. The first-order valence-electron chi connectivity index (χ1n) is 6.72. The highest BCUT2D eigenvalue weighted by Gasteiger charge is 2.17. The van der Waals surface area contributed by atoms with Crippen LogP contribution in [0.3, 0.4) is 0 Å². The van der Waals surface area contributed by atoms with Gasteiger partial charge in [0.2, 0.25) is 5.75 Å². The summed E-state index contributed by atoms with van der Waals surface area (Å²) in [6.45, 7) is 5.59. The van der Waals surface area contributed by atoms with Crippen LogP contribution in [0.15, 0.2) is 12.1 Å². The molecule has 0 bridgehead atoms. The van der Waals surface area contributed by atoms with Crippen LogP contribution in [0.25, 0.3) is 0 Å². The Kier molecular flexibility index (Phi) is 6.61. The molecular formula is C15H25NO4. The van der Waals surface area contributed by atoms with Gasteiger partial charge in [-0.3, -0.25) is 0 Å². The van der Waals surface area contributed by atoms with Crippen molar-refractivity contribution in [3.8, 4) is 17.2 Å². The quantitative estimate of drug-likeness (QED) is 0.764. The summed E-state index contributed by atoms with van der Waals surface area (Å²) in [4.78, 5) is 0. The van der Waals surface area contributed by atoms with E-state index in [-0.39, 0.29) is 0 Å². The molecule has 2 N–H and O–H groups in total. The highest BCUT2D eigenvalue weighted by Crippen LogP contribution is 2.39. The lowest BCUT2D eigenvalue weighted by atomic mass is 10.1. The van der Waals surface area contributed by atoms with Crippen LogP contribution in [-0.4, -0.2) is 39.5 Å². The van der Waals surface area contributed by atoms with E-state index in [1.807, 2.05) is 0 Å². The van der Waals surface area contributed by atoms with E-state index in [1.165, 1.54) is 0 Å². The minimum absolute atomic E-state index is 0.483. The van der Waals surface area contributed by atoms with E-state index < -0.39 is 6.10 Å². The number of methoxy groups -OCH3 is 3. The molecule has 114 valence electrons. The molecule has 0 spiro atoms. The molecule has 0 radical (unpaired) electrons. The number of aliphatic hydroxyl groups excluding tert-OH is 1. The lowest BCUT2D eigenvalue weighted by Crippen LogP contribution is -2.25. The van der Waals surface area contributed by atoms with Crippen molar-refractivity contribution in [2.24, 2.45) is 5.92 Å². The molecule has 1 atom stereocenters. The average Bonchev–Trinajstić information content (AvgIpc) is 2.44. The summed E-state index contributed by atoms with van der Waals surface area (Å²) in [6.07, 6.45) is -0.623. The second-order valence-electron chi connectivity index (χ2n) is 5.03. The Balaban J connectivity index is 2.89. The number of aliphatic hydroxyl groups is 1. The SMILES string of the molecule is COc1cc(C(O)CNCC(C)C)cc(OC)c1OC. The average molecular weight is 283 g/mol. The zero-order valence-electron chi connectivity index (χ0n) is 12.9. The van der Waals surface area contributed by atoms with Crippen LogP contribution in [0.5, 0.6) is 17.2 Å². The molecular weight excluding hydrogens is 258 g/mol. The first kappa shape index (κ1) is 16.6. The van der Waals surface area contributed by atoms with E-state index in [9.17, 15) is 5.11 Å².